The van der Waals surface area contributed by atoms with E-state index in [0.717, 1.165) is 26.1 Å². The summed E-state index contributed by atoms with van der Waals surface area (Å²) in [5.74, 6) is -0.281. The molecule has 3 N–H and O–H groups in total. The average Bonchev–Trinajstić information content (AvgIpc) is 2.55. The van der Waals surface area contributed by atoms with Crippen LogP contribution in [0.1, 0.15) is 24.1 Å². The van der Waals surface area contributed by atoms with Gasteiger partial charge in [0.1, 0.15) is 0 Å². The Kier molecular flexibility index (Phi) is 8.02. The minimum Gasteiger partial charge on any atom is -0.341 e. The molecule has 0 aromatic heterocycles. The minimum atomic E-state index is -0.469. The van der Waals surface area contributed by atoms with E-state index in [0.29, 0.717) is 0 Å². The molecule has 1 fully saturated rings. The van der Waals surface area contributed by atoms with E-state index in [1.165, 1.54) is 18.2 Å². The Labute approximate surface area is 143 Å². The number of urea groups is 1. The first kappa shape index (κ1) is 19.4. The molecule has 1 aromatic rings. The quantitative estimate of drug-likeness (QED) is 0.766. The van der Waals surface area contributed by atoms with E-state index >= 15 is 0 Å². The maximum absolute atomic E-state index is 11.9. The second kappa shape index (κ2) is 9.50. The fourth-order valence-electron chi connectivity index (χ4n) is 2.65. The number of nitrogens with zero attached hydrogens (tertiary/aromatic N) is 1. The first-order valence-corrected chi connectivity index (χ1v) is 7.69. The topological polar surface area (TPSA) is 73.5 Å². The van der Waals surface area contributed by atoms with Crippen molar-refractivity contribution in [2.45, 2.75) is 19.4 Å². The summed E-state index contributed by atoms with van der Waals surface area (Å²) in [6.07, 6.45) is 1.02. The number of nitrogens with one attached hydrogen (secondary N) is 3. The second-order valence-electron chi connectivity index (χ2n) is 5.41. The maximum Gasteiger partial charge on any atom is 0.321 e. The van der Waals surface area contributed by atoms with Gasteiger partial charge in [-0.25, -0.2) is 4.79 Å². The first-order valence-electron chi connectivity index (χ1n) is 7.69. The number of benzene rings is 1. The lowest BCUT2D eigenvalue weighted by atomic mass is 10.0. The van der Waals surface area contributed by atoms with Crippen LogP contribution in [0.3, 0.4) is 0 Å². The molecule has 2 rings (SSSR count). The lowest BCUT2D eigenvalue weighted by molar-refractivity contribution is -0.122. The van der Waals surface area contributed by atoms with Crippen molar-refractivity contribution in [2.24, 2.45) is 0 Å². The van der Waals surface area contributed by atoms with Crippen LogP contribution in [0.2, 0.25) is 0 Å². The Morgan fingerprint density at radius 2 is 2.00 bits per heavy atom. The minimum absolute atomic E-state index is 0. The third-order valence-corrected chi connectivity index (χ3v) is 3.95. The molecule has 6 nitrogen and oxygen atoms in total. The Hall–Kier alpha value is -1.63. The molecule has 0 aliphatic carbocycles. The van der Waals surface area contributed by atoms with Crippen LogP contribution >= 0.6 is 12.4 Å². The average molecular weight is 341 g/mol. The monoisotopic (exact) mass is 340 g/mol. The van der Waals surface area contributed by atoms with Gasteiger partial charge in [-0.1, -0.05) is 31.2 Å². The van der Waals surface area contributed by atoms with Crippen molar-refractivity contribution < 1.29 is 9.59 Å². The molecule has 1 atom stereocenters. The molecule has 7 heteroatoms. The van der Waals surface area contributed by atoms with Gasteiger partial charge < -0.3 is 10.6 Å². The number of carbonyl (C=O) groups excluding carboxylic acids is 2. The van der Waals surface area contributed by atoms with Crippen LogP contribution in [-0.2, 0) is 11.2 Å². The van der Waals surface area contributed by atoms with E-state index in [1.54, 1.807) is 0 Å². The van der Waals surface area contributed by atoms with Gasteiger partial charge in [0.05, 0.1) is 6.54 Å². The van der Waals surface area contributed by atoms with Crippen molar-refractivity contribution in [3.63, 3.8) is 0 Å². The van der Waals surface area contributed by atoms with Crippen molar-refractivity contribution in [2.75, 3.05) is 33.2 Å². The van der Waals surface area contributed by atoms with Gasteiger partial charge in [-0.3, -0.25) is 15.0 Å². The zero-order valence-electron chi connectivity index (χ0n) is 13.6. The van der Waals surface area contributed by atoms with Crippen molar-refractivity contribution in [3.8, 4) is 0 Å². The van der Waals surface area contributed by atoms with Crippen molar-refractivity contribution >= 4 is 24.3 Å². The van der Waals surface area contributed by atoms with Gasteiger partial charge in [0.2, 0.25) is 5.91 Å². The molecular formula is C16H25ClN4O2. The second-order valence-corrected chi connectivity index (χ2v) is 5.41. The van der Waals surface area contributed by atoms with E-state index in [2.05, 4.69) is 52.0 Å². The highest BCUT2D eigenvalue weighted by molar-refractivity contribution is 5.95. The van der Waals surface area contributed by atoms with Gasteiger partial charge in [-0.05, 0) is 17.5 Å². The number of hydrogen-bond donors (Lipinski definition) is 3. The summed E-state index contributed by atoms with van der Waals surface area (Å²) in [5.41, 5.74) is 2.49. The molecule has 0 bridgehead atoms. The normalized spacial score (nSPS) is 17.9. The molecule has 1 aliphatic heterocycles. The molecule has 0 radical (unpaired) electrons. The van der Waals surface area contributed by atoms with Crippen LogP contribution in [0, 0.1) is 0 Å². The standard InChI is InChI=1S/C16H24N4O2.ClH/c1-3-12-4-6-13(7-5-12)14-10-18-8-9-20(14)11-15(21)19-16(22)17-2;/h4-7,14,18H,3,8-11H2,1-2H3,(H2,17,19,21,22);1H. The summed E-state index contributed by atoms with van der Waals surface area (Å²) in [7, 11) is 1.49. The Bertz CT molecular complexity index is 521. The largest absolute Gasteiger partial charge is 0.341 e. The Balaban J connectivity index is 0.00000264. The Morgan fingerprint density at radius 1 is 1.30 bits per heavy atom. The van der Waals surface area contributed by atoms with E-state index < -0.39 is 6.03 Å². The lowest BCUT2D eigenvalue weighted by Crippen LogP contribution is -2.51. The third kappa shape index (κ3) is 5.49. The summed E-state index contributed by atoms with van der Waals surface area (Å²) < 4.78 is 0. The van der Waals surface area contributed by atoms with E-state index in [1.807, 2.05) is 0 Å². The zero-order valence-corrected chi connectivity index (χ0v) is 14.4. The Morgan fingerprint density at radius 3 is 2.61 bits per heavy atom. The number of amides is 3. The molecule has 1 aliphatic rings. The number of rotatable bonds is 4. The van der Waals surface area contributed by atoms with Crippen LogP contribution in [0.5, 0.6) is 0 Å². The van der Waals surface area contributed by atoms with Crippen LogP contribution in [0.4, 0.5) is 4.79 Å². The van der Waals surface area contributed by atoms with Gasteiger partial charge in [0.25, 0.3) is 0 Å². The van der Waals surface area contributed by atoms with Gasteiger partial charge in [-0.2, -0.15) is 0 Å². The van der Waals surface area contributed by atoms with Crippen LogP contribution < -0.4 is 16.0 Å². The zero-order chi connectivity index (χ0) is 15.9. The molecule has 1 unspecified atom stereocenters. The van der Waals surface area contributed by atoms with Gasteiger partial charge in [-0.15, -0.1) is 12.4 Å². The van der Waals surface area contributed by atoms with Crippen LogP contribution in [-0.4, -0.2) is 50.1 Å². The molecule has 1 heterocycles. The van der Waals surface area contributed by atoms with E-state index in [4.69, 9.17) is 0 Å². The molecule has 23 heavy (non-hydrogen) atoms. The number of carbonyl (C=O) groups is 2. The molecule has 0 spiro atoms. The summed E-state index contributed by atoms with van der Waals surface area (Å²) in [6.45, 7) is 4.78. The van der Waals surface area contributed by atoms with Crippen molar-refractivity contribution in [3.05, 3.63) is 35.4 Å². The fraction of sp³-hybridized carbons (Fsp3) is 0.500. The summed E-state index contributed by atoms with van der Waals surface area (Å²) in [5, 5.41) is 8.07. The van der Waals surface area contributed by atoms with E-state index in [-0.39, 0.29) is 30.9 Å². The molecule has 1 saturated heterocycles. The third-order valence-electron chi connectivity index (χ3n) is 3.95. The van der Waals surface area contributed by atoms with Gasteiger partial charge in [0.15, 0.2) is 0 Å². The summed E-state index contributed by atoms with van der Waals surface area (Å²) in [6, 6.07) is 8.19. The number of piperazine rings is 1. The highest BCUT2D eigenvalue weighted by atomic mass is 35.5. The lowest BCUT2D eigenvalue weighted by Gasteiger charge is -2.36. The number of halogens is 1. The van der Waals surface area contributed by atoms with Crippen molar-refractivity contribution in [1.29, 1.82) is 0 Å². The highest BCUT2D eigenvalue weighted by Crippen LogP contribution is 2.22. The number of imide groups is 1. The summed E-state index contributed by atoms with van der Waals surface area (Å²) in [4.78, 5) is 25.2. The number of aryl methyl sites for hydroxylation is 1. The summed E-state index contributed by atoms with van der Waals surface area (Å²) >= 11 is 0. The fourth-order valence-corrected chi connectivity index (χ4v) is 2.65. The predicted molar refractivity (Wildman–Crippen MR) is 92.9 cm³/mol. The van der Waals surface area contributed by atoms with E-state index in [9.17, 15) is 9.59 Å². The molecule has 0 saturated carbocycles. The first-order chi connectivity index (χ1) is 10.6. The molecular weight excluding hydrogens is 316 g/mol. The predicted octanol–water partition coefficient (Wildman–Crippen LogP) is 1.07. The van der Waals surface area contributed by atoms with Gasteiger partial charge >= 0.3 is 6.03 Å². The highest BCUT2D eigenvalue weighted by Gasteiger charge is 2.25. The van der Waals surface area contributed by atoms with Crippen LogP contribution in [0.15, 0.2) is 24.3 Å². The SMILES string of the molecule is CCc1ccc(C2CNCCN2CC(=O)NC(=O)NC)cc1.Cl. The molecule has 128 valence electrons. The van der Waals surface area contributed by atoms with Crippen LogP contribution in [0.25, 0.3) is 0 Å². The molecule has 3 amide bonds. The number of hydrogen-bond acceptors (Lipinski definition) is 4. The molecule has 1 aromatic carbocycles. The maximum atomic E-state index is 11.9. The smallest absolute Gasteiger partial charge is 0.321 e. The van der Waals surface area contributed by atoms with Gasteiger partial charge in [0, 0.05) is 32.7 Å². The van der Waals surface area contributed by atoms with Crippen molar-refractivity contribution in [1.82, 2.24) is 20.9 Å².